The van der Waals surface area contributed by atoms with Crippen LogP contribution in [0.25, 0.3) is 11.2 Å². The smallest absolute Gasteiger partial charge is 0.229 e. The number of imidazole rings is 1. The number of morpholine rings is 1. The number of hydrogen-bond acceptors (Lipinski definition) is 8. The number of carbonyl (C=O) groups is 1. The number of ether oxygens (including phenoxy) is 1. The van der Waals surface area contributed by atoms with Crippen molar-refractivity contribution in [2.24, 2.45) is 5.10 Å². The number of nitrogens with zero attached hydrogens (tertiary/aromatic N) is 6. The summed E-state index contributed by atoms with van der Waals surface area (Å²) in [6.07, 6.45) is 3.37. The van der Waals surface area contributed by atoms with Gasteiger partial charge in [0.15, 0.2) is 22.8 Å². The fourth-order valence-electron chi connectivity index (χ4n) is 3.94. The lowest BCUT2D eigenvalue weighted by molar-refractivity contribution is 0.0973. The summed E-state index contributed by atoms with van der Waals surface area (Å²) in [5.74, 6) is 1.03. The molecule has 1 aliphatic heterocycles. The van der Waals surface area contributed by atoms with Crippen LogP contribution in [0.2, 0.25) is 0 Å². The van der Waals surface area contributed by atoms with Crippen LogP contribution in [0.5, 0.6) is 0 Å². The first-order valence-corrected chi connectivity index (χ1v) is 11.6. The summed E-state index contributed by atoms with van der Waals surface area (Å²) in [5.41, 5.74) is 8.07. The fraction of sp³-hybridized carbons (Fsp3) is 0.269. The number of rotatable bonds is 7. The molecule has 9 heteroatoms. The predicted molar refractivity (Wildman–Crippen MR) is 136 cm³/mol. The third-order valence-corrected chi connectivity index (χ3v) is 5.86. The molecule has 4 aromatic rings. The quantitative estimate of drug-likeness (QED) is 0.251. The number of ketones is 1. The van der Waals surface area contributed by atoms with Gasteiger partial charge in [0.2, 0.25) is 5.95 Å². The summed E-state index contributed by atoms with van der Waals surface area (Å²) in [4.78, 5) is 29.0. The van der Waals surface area contributed by atoms with E-state index in [4.69, 9.17) is 14.7 Å². The third kappa shape index (κ3) is 5.20. The Hall–Kier alpha value is -4.11. The van der Waals surface area contributed by atoms with Gasteiger partial charge in [-0.25, -0.2) is 4.98 Å². The van der Waals surface area contributed by atoms with Gasteiger partial charge in [-0.3, -0.25) is 10.2 Å². The minimum absolute atomic E-state index is 0.0113. The number of anilines is 2. The first kappa shape index (κ1) is 22.7. The van der Waals surface area contributed by atoms with Gasteiger partial charge in [0.25, 0.3) is 0 Å². The highest BCUT2D eigenvalue weighted by Crippen LogP contribution is 2.24. The van der Waals surface area contributed by atoms with E-state index in [1.54, 1.807) is 17.1 Å². The SMILES string of the molecule is Cc1ccc(C(=O)Cn2cnc3c(NN=Cc4cccc(C)c4)nc(N4CCOCC4)nc32)cc1. The largest absolute Gasteiger partial charge is 0.378 e. The number of hydrazone groups is 1. The Kier molecular flexibility index (Phi) is 6.49. The number of fused-ring (bicyclic) bond motifs is 1. The Morgan fingerprint density at radius 1 is 1.09 bits per heavy atom. The second-order valence-electron chi connectivity index (χ2n) is 8.59. The molecule has 0 spiro atoms. The van der Waals surface area contributed by atoms with E-state index < -0.39 is 0 Å². The van der Waals surface area contributed by atoms with Crippen LogP contribution in [0.1, 0.15) is 27.0 Å². The average molecular weight is 470 g/mol. The maximum absolute atomic E-state index is 12.9. The Bertz CT molecular complexity index is 1370. The predicted octanol–water partition coefficient (Wildman–Crippen LogP) is 3.61. The molecule has 1 aliphatic rings. The molecule has 1 N–H and O–H groups in total. The lowest BCUT2D eigenvalue weighted by Gasteiger charge is -2.27. The fourth-order valence-corrected chi connectivity index (χ4v) is 3.94. The maximum atomic E-state index is 12.9. The van der Waals surface area contributed by atoms with E-state index in [2.05, 4.69) is 20.4 Å². The molecule has 2 aromatic heterocycles. The van der Waals surface area contributed by atoms with Crippen molar-refractivity contribution in [3.05, 3.63) is 77.1 Å². The molecule has 35 heavy (non-hydrogen) atoms. The van der Waals surface area contributed by atoms with E-state index >= 15 is 0 Å². The summed E-state index contributed by atoms with van der Waals surface area (Å²) in [5, 5.41) is 4.39. The van der Waals surface area contributed by atoms with Crippen molar-refractivity contribution in [3.63, 3.8) is 0 Å². The number of carbonyl (C=O) groups excluding carboxylic acids is 1. The number of Topliss-reactive ketones (excluding diaryl/α,β-unsaturated/α-hetero) is 1. The molecule has 0 unspecified atom stereocenters. The third-order valence-electron chi connectivity index (χ3n) is 5.86. The van der Waals surface area contributed by atoms with Gasteiger partial charge in [-0.2, -0.15) is 15.1 Å². The number of nitrogens with one attached hydrogen (secondary N) is 1. The number of hydrogen-bond donors (Lipinski definition) is 1. The normalized spacial score (nSPS) is 14.1. The van der Waals surface area contributed by atoms with Crippen LogP contribution in [-0.4, -0.2) is 57.8 Å². The van der Waals surface area contributed by atoms with Gasteiger partial charge in [-0.15, -0.1) is 0 Å². The minimum atomic E-state index is -0.0113. The van der Waals surface area contributed by atoms with Crippen LogP contribution >= 0.6 is 0 Å². The minimum Gasteiger partial charge on any atom is -0.378 e. The van der Waals surface area contributed by atoms with Crippen LogP contribution in [0.4, 0.5) is 11.8 Å². The van der Waals surface area contributed by atoms with Crippen molar-refractivity contribution in [1.82, 2.24) is 19.5 Å². The van der Waals surface area contributed by atoms with Gasteiger partial charge < -0.3 is 14.2 Å². The van der Waals surface area contributed by atoms with Gasteiger partial charge in [0.1, 0.15) is 0 Å². The molecule has 0 bridgehead atoms. The molecule has 1 saturated heterocycles. The Morgan fingerprint density at radius 2 is 1.89 bits per heavy atom. The standard InChI is InChI=1S/C26H27N7O2/c1-18-6-8-21(9-7-18)22(34)16-33-17-27-23-24(31-28-15-20-5-3-4-19(2)14-20)29-26(30-25(23)33)32-10-12-35-13-11-32/h3-9,14-15,17H,10-13,16H2,1-2H3,(H,29,30,31). The summed E-state index contributed by atoms with van der Waals surface area (Å²) >= 11 is 0. The molecule has 9 nitrogen and oxygen atoms in total. The van der Waals surface area contributed by atoms with Crippen molar-refractivity contribution in [3.8, 4) is 0 Å². The molecule has 2 aromatic carbocycles. The van der Waals surface area contributed by atoms with E-state index in [0.717, 1.165) is 16.7 Å². The zero-order valence-electron chi connectivity index (χ0n) is 19.8. The van der Waals surface area contributed by atoms with Crippen LogP contribution in [0, 0.1) is 13.8 Å². The topological polar surface area (TPSA) is 97.5 Å². The van der Waals surface area contributed by atoms with Gasteiger partial charge in [-0.05, 0) is 19.4 Å². The van der Waals surface area contributed by atoms with Crippen LogP contribution in [-0.2, 0) is 11.3 Å². The van der Waals surface area contributed by atoms with E-state index in [9.17, 15) is 4.79 Å². The number of aryl methyl sites for hydroxylation is 2. The van der Waals surface area contributed by atoms with Crippen LogP contribution in [0.3, 0.4) is 0 Å². The monoisotopic (exact) mass is 469 g/mol. The Morgan fingerprint density at radius 3 is 2.66 bits per heavy atom. The molecule has 0 saturated carbocycles. The molecule has 1 fully saturated rings. The Balaban J connectivity index is 1.47. The van der Waals surface area contributed by atoms with Gasteiger partial charge in [0.05, 0.1) is 32.3 Å². The highest BCUT2D eigenvalue weighted by atomic mass is 16.5. The Labute approximate surface area is 203 Å². The van der Waals surface area contributed by atoms with Crippen molar-refractivity contribution in [1.29, 1.82) is 0 Å². The lowest BCUT2D eigenvalue weighted by Crippen LogP contribution is -2.37. The van der Waals surface area contributed by atoms with Crippen molar-refractivity contribution < 1.29 is 9.53 Å². The highest BCUT2D eigenvalue weighted by Gasteiger charge is 2.20. The van der Waals surface area contributed by atoms with Gasteiger partial charge >= 0.3 is 0 Å². The first-order chi connectivity index (χ1) is 17.1. The van der Waals surface area contributed by atoms with Gasteiger partial charge in [-0.1, -0.05) is 59.7 Å². The molecule has 3 heterocycles. The average Bonchev–Trinajstić information content (AvgIpc) is 3.27. The molecular weight excluding hydrogens is 442 g/mol. The molecule has 0 aliphatic carbocycles. The van der Waals surface area contributed by atoms with Crippen molar-refractivity contribution >= 4 is 34.9 Å². The summed E-state index contributed by atoms with van der Waals surface area (Å²) < 4.78 is 7.25. The molecule has 0 radical (unpaired) electrons. The number of benzene rings is 2. The molecule has 0 amide bonds. The summed E-state index contributed by atoms with van der Waals surface area (Å²) in [6.45, 7) is 6.77. The number of aromatic nitrogens is 4. The van der Waals surface area contributed by atoms with Crippen LogP contribution in [0.15, 0.2) is 60.0 Å². The van der Waals surface area contributed by atoms with E-state index in [0.29, 0.717) is 54.8 Å². The lowest BCUT2D eigenvalue weighted by atomic mass is 10.1. The molecule has 178 valence electrons. The summed E-state index contributed by atoms with van der Waals surface area (Å²) in [6, 6.07) is 15.6. The van der Waals surface area contributed by atoms with Crippen molar-refractivity contribution in [2.45, 2.75) is 20.4 Å². The van der Waals surface area contributed by atoms with Crippen molar-refractivity contribution in [2.75, 3.05) is 36.6 Å². The summed E-state index contributed by atoms with van der Waals surface area (Å²) in [7, 11) is 0. The van der Waals surface area contributed by atoms with E-state index in [1.165, 1.54) is 0 Å². The second-order valence-corrected chi connectivity index (χ2v) is 8.59. The van der Waals surface area contributed by atoms with Gasteiger partial charge in [0, 0.05) is 18.7 Å². The van der Waals surface area contributed by atoms with E-state index in [-0.39, 0.29) is 12.3 Å². The maximum Gasteiger partial charge on any atom is 0.229 e. The van der Waals surface area contributed by atoms with Crippen LogP contribution < -0.4 is 10.3 Å². The van der Waals surface area contributed by atoms with E-state index in [1.807, 2.05) is 62.4 Å². The molecular formula is C26H27N7O2. The zero-order chi connectivity index (χ0) is 24.2. The highest BCUT2D eigenvalue weighted by molar-refractivity contribution is 5.97. The zero-order valence-corrected chi connectivity index (χ0v) is 19.8. The first-order valence-electron chi connectivity index (χ1n) is 11.6. The second kappa shape index (κ2) is 10.0. The molecule has 0 atom stereocenters. The molecule has 5 rings (SSSR count).